The smallest absolute Gasteiger partial charge is 0.259 e. The molecule has 0 aliphatic carbocycles. The van der Waals surface area contributed by atoms with E-state index in [1.54, 1.807) is 26.2 Å². The molecule has 1 amide bonds. The first-order valence-corrected chi connectivity index (χ1v) is 6.25. The third-order valence-electron chi connectivity index (χ3n) is 2.56. The van der Waals surface area contributed by atoms with Crippen LogP contribution in [0.1, 0.15) is 19.4 Å². The Morgan fingerprint density at radius 1 is 1.42 bits per heavy atom. The van der Waals surface area contributed by atoms with Crippen LogP contribution in [0.3, 0.4) is 0 Å². The van der Waals surface area contributed by atoms with Gasteiger partial charge in [-0.25, -0.2) is 4.39 Å². The van der Waals surface area contributed by atoms with Gasteiger partial charge < -0.3 is 15.0 Å². The van der Waals surface area contributed by atoms with E-state index in [9.17, 15) is 9.18 Å². The van der Waals surface area contributed by atoms with E-state index < -0.39 is 5.82 Å². The van der Waals surface area contributed by atoms with Gasteiger partial charge in [-0.2, -0.15) is 0 Å². The zero-order valence-corrected chi connectivity index (χ0v) is 11.9. The average Bonchev–Trinajstić information content (AvgIpc) is 2.34. The van der Waals surface area contributed by atoms with Gasteiger partial charge in [-0.3, -0.25) is 4.79 Å². The second kappa shape index (κ2) is 7.09. The maximum atomic E-state index is 13.7. The first-order valence-electron chi connectivity index (χ1n) is 6.25. The van der Waals surface area contributed by atoms with Crippen molar-refractivity contribution in [1.82, 2.24) is 10.2 Å². The number of nitrogens with one attached hydrogen (secondary N) is 1. The van der Waals surface area contributed by atoms with E-state index in [0.717, 1.165) is 5.56 Å². The molecule has 19 heavy (non-hydrogen) atoms. The van der Waals surface area contributed by atoms with Crippen molar-refractivity contribution in [3.8, 4) is 5.75 Å². The Balaban J connectivity index is 2.59. The van der Waals surface area contributed by atoms with Gasteiger partial charge in [0.15, 0.2) is 18.2 Å². The van der Waals surface area contributed by atoms with Crippen molar-refractivity contribution in [1.29, 1.82) is 0 Å². The Hall–Kier alpha value is -1.62. The highest BCUT2D eigenvalue weighted by Crippen LogP contribution is 2.18. The summed E-state index contributed by atoms with van der Waals surface area (Å²) in [5.74, 6) is -0.553. The highest BCUT2D eigenvalue weighted by molar-refractivity contribution is 5.77. The highest BCUT2D eigenvalue weighted by atomic mass is 19.1. The first-order chi connectivity index (χ1) is 8.90. The van der Waals surface area contributed by atoms with Crippen LogP contribution in [0.25, 0.3) is 0 Å². The number of carbonyl (C=O) groups is 1. The van der Waals surface area contributed by atoms with Crippen LogP contribution in [-0.4, -0.2) is 37.6 Å². The molecule has 1 N–H and O–H groups in total. The number of benzene rings is 1. The van der Waals surface area contributed by atoms with Crippen LogP contribution >= 0.6 is 0 Å². The molecule has 1 aromatic carbocycles. The van der Waals surface area contributed by atoms with Gasteiger partial charge >= 0.3 is 0 Å². The number of carbonyl (C=O) groups excluding carboxylic acids is 1. The average molecular weight is 268 g/mol. The summed E-state index contributed by atoms with van der Waals surface area (Å²) in [5.41, 5.74) is 0.845. The Morgan fingerprint density at radius 2 is 2.11 bits per heavy atom. The van der Waals surface area contributed by atoms with Crippen molar-refractivity contribution in [2.24, 2.45) is 0 Å². The van der Waals surface area contributed by atoms with Crippen LogP contribution in [-0.2, 0) is 11.3 Å². The second-order valence-electron chi connectivity index (χ2n) is 4.88. The first kappa shape index (κ1) is 15.4. The Kier molecular flexibility index (Phi) is 5.76. The lowest BCUT2D eigenvalue weighted by atomic mass is 10.2. The number of nitrogens with zero attached hydrogens (tertiary/aromatic N) is 1. The summed E-state index contributed by atoms with van der Waals surface area (Å²) < 4.78 is 18.9. The maximum Gasteiger partial charge on any atom is 0.259 e. The predicted octanol–water partition coefficient (Wildman–Crippen LogP) is 1.79. The second-order valence-corrected chi connectivity index (χ2v) is 4.88. The summed E-state index contributed by atoms with van der Waals surface area (Å²) in [6.07, 6.45) is 0. The molecule has 0 heterocycles. The minimum absolute atomic E-state index is 0.100. The van der Waals surface area contributed by atoms with Crippen molar-refractivity contribution >= 4 is 5.91 Å². The van der Waals surface area contributed by atoms with Crippen LogP contribution in [0.4, 0.5) is 4.39 Å². The Labute approximate surface area is 113 Å². The van der Waals surface area contributed by atoms with Crippen molar-refractivity contribution < 1.29 is 13.9 Å². The van der Waals surface area contributed by atoms with E-state index >= 15 is 0 Å². The fourth-order valence-electron chi connectivity index (χ4n) is 1.36. The third kappa shape index (κ3) is 5.26. The number of ether oxygens (including phenoxy) is 1. The molecule has 0 saturated heterocycles. The third-order valence-corrected chi connectivity index (χ3v) is 2.56. The fraction of sp³-hybridized carbons (Fsp3) is 0.500. The minimum Gasteiger partial charge on any atom is -0.481 e. The molecule has 0 saturated carbocycles. The summed E-state index contributed by atoms with van der Waals surface area (Å²) in [4.78, 5) is 12.7. The lowest BCUT2D eigenvalue weighted by molar-refractivity contribution is -0.130. The van der Waals surface area contributed by atoms with Gasteiger partial charge in [-0.1, -0.05) is 19.9 Å². The molecule has 0 radical (unpaired) electrons. The number of hydrogen-bond acceptors (Lipinski definition) is 3. The standard InChI is InChI=1S/C14H21FN2O2/c1-10(2)16-8-11-5-6-13(12(15)7-11)19-9-14(18)17(3)4/h5-7,10,16H,8-9H2,1-4H3. The Morgan fingerprint density at radius 3 is 2.63 bits per heavy atom. The molecule has 106 valence electrons. The molecular weight excluding hydrogens is 247 g/mol. The molecular formula is C14H21FN2O2. The van der Waals surface area contributed by atoms with Gasteiger partial charge in [0.05, 0.1) is 0 Å². The quantitative estimate of drug-likeness (QED) is 0.855. The van der Waals surface area contributed by atoms with Gasteiger partial charge in [0.25, 0.3) is 5.91 Å². The van der Waals surface area contributed by atoms with Gasteiger partial charge in [0.2, 0.25) is 0 Å². The van der Waals surface area contributed by atoms with Crippen molar-refractivity contribution in [2.45, 2.75) is 26.4 Å². The largest absolute Gasteiger partial charge is 0.481 e. The van der Waals surface area contributed by atoms with Crippen LogP contribution in [0, 0.1) is 5.82 Å². The fourth-order valence-corrected chi connectivity index (χ4v) is 1.36. The summed E-state index contributed by atoms with van der Waals surface area (Å²) in [6.45, 7) is 4.50. The highest BCUT2D eigenvalue weighted by Gasteiger charge is 2.09. The number of amides is 1. The van der Waals surface area contributed by atoms with Crippen molar-refractivity contribution in [3.05, 3.63) is 29.6 Å². The molecule has 1 aromatic rings. The molecule has 1 rings (SSSR count). The topological polar surface area (TPSA) is 41.6 Å². The van der Waals surface area contributed by atoms with Crippen LogP contribution in [0.15, 0.2) is 18.2 Å². The molecule has 0 fully saturated rings. The maximum absolute atomic E-state index is 13.7. The summed E-state index contributed by atoms with van der Waals surface area (Å²) >= 11 is 0. The van der Waals surface area contributed by atoms with E-state index in [1.807, 2.05) is 13.8 Å². The van der Waals surface area contributed by atoms with Crippen molar-refractivity contribution in [2.75, 3.05) is 20.7 Å². The number of halogens is 1. The van der Waals surface area contributed by atoms with E-state index in [1.165, 1.54) is 11.0 Å². The SMILES string of the molecule is CC(C)NCc1ccc(OCC(=O)N(C)C)c(F)c1. The monoisotopic (exact) mass is 268 g/mol. The Bertz CT molecular complexity index is 433. The molecule has 5 heteroatoms. The van der Waals surface area contributed by atoms with Crippen molar-refractivity contribution in [3.63, 3.8) is 0 Å². The molecule has 0 unspecified atom stereocenters. The van der Waals surface area contributed by atoms with Crippen LogP contribution in [0.2, 0.25) is 0 Å². The molecule has 4 nitrogen and oxygen atoms in total. The predicted molar refractivity (Wildman–Crippen MR) is 72.6 cm³/mol. The molecule has 0 atom stereocenters. The normalized spacial score (nSPS) is 10.6. The van der Waals surface area contributed by atoms with E-state index in [4.69, 9.17) is 4.74 Å². The lowest BCUT2D eigenvalue weighted by Crippen LogP contribution is -2.27. The van der Waals surface area contributed by atoms with E-state index in [0.29, 0.717) is 12.6 Å². The zero-order chi connectivity index (χ0) is 14.4. The minimum atomic E-state index is -0.449. The number of hydrogen-bond donors (Lipinski definition) is 1. The molecule has 0 aromatic heterocycles. The summed E-state index contributed by atoms with van der Waals surface area (Å²) in [6, 6.07) is 5.10. The van der Waals surface area contributed by atoms with Gasteiger partial charge in [-0.05, 0) is 17.7 Å². The van der Waals surface area contributed by atoms with Gasteiger partial charge in [0, 0.05) is 26.7 Å². The number of rotatable bonds is 6. The van der Waals surface area contributed by atoms with Gasteiger partial charge in [0.1, 0.15) is 0 Å². The lowest BCUT2D eigenvalue weighted by Gasteiger charge is -2.13. The van der Waals surface area contributed by atoms with Gasteiger partial charge in [-0.15, -0.1) is 0 Å². The number of likely N-dealkylation sites (N-methyl/N-ethyl adjacent to an activating group) is 1. The molecule has 0 aliphatic heterocycles. The van der Waals surface area contributed by atoms with Crippen LogP contribution in [0.5, 0.6) is 5.75 Å². The van der Waals surface area contributed by atoms with Crippen LogP contribution < -0.4 is 10.1 Å². The molecule has 0 spiro atoms. The summed E-state index contributed by atoms with van der Waals surface area (Å²) in [7, 11) is 3.26. The zero-order valence-electron chi connectivity index (χ0n) is 11.9. The molecule has 0 aliphatic rings. The summed E-state index contributed by atoms with van der Waals surface area (Å²) in [5, 5.41) is 3.21. The molecule has 0 bridgehead atoms. The van der Waals surface area contributed by atoms with E-state index in [2.05, 4.69) is 5.32 Å². The van der Waals surface area contributed by atoms with E-state index in [-0.39, 0.29) is 18.3 Å².